The van der Waals surface area contributed by atoms with E-state index in [1.807, 2.05) is 62.4 Å². The van der Waals surface area contributed by atoms with E-state index >= 15 is 0 Å². The summed E-state index contributed by atoms with van der Waals surface area (Å²) in [5, 5.41) is 5.59. The van der Waals surface area contributed by atoms with Crippen LogP contribution in [-0.4, -0.2) is 19.2 Å². The van der Waals surface area contributed by atoms with Gasteiger partial charge in [-0.1, -0.05) is 36.4 Å². The Morgan fingerprint density at radius 3 is 2.36 bits per heavy atom. The van der Waals surface area contributed by atoms with E-state index in [-0.39, 0.29) is 6.03 Å². The lowest BCUT2D eigenvalue weighted by Crippen LogP contribution is -2.30. The van der Waals surface area contributed by atoms with E-state index in [2.05, 4.69) is 10.6 Å². The maximum Gasteiger partial charge on any atom is 0.319 e. The fourth-order valence-corrected chi connectivity index (χ4v) is 2.17. The number of ether oxygens (including phenoxy) is 1. The quantitative estimate of drug-likeness (QED) is 0.795. The first-order valence-corrected chi connectivity index (χ1v) is 7.46. The zero-order valence-electron chi connectivity index (χ0n) is 13.1. The highest BCUT2D eigenvalue weighted by atomic mass is 16.5. The van der Waals surface area contributed by atoms with Crippen LogP contribution < -0.4 is 15.4 Å². The molecule has 4 heteroatoms. The first kappa shape index (κ1) is 15.9. The number of aryl methyl sites for hydroxylation is 2. The van der Waals surface area contributed by atoms with Crippen LogP contribution in [0.4, 0.5) is 10.5 Å². The molecular weight excluding hydrogens is 276 g/mol. The van der Waals surface area contributed by atoms with Gasteiger partial charge in [0, 0.05) is 12.2 Å². The Labute approximate surface area is 131 Å². The molecule has 2 rings (SSSR count). The van der Waals surface area contributed by atoms with Crippen molar-refractivity contribution < 1.29 is 9.53 Å². The van der Waals surface area contributed by atoms with Crippen molar-refractivity contribution in [3.8, 4) is 5.75 Å². The Hall–Kier alpha value is -2.49. The van der Waals surface area contributed by atoms with Gasteiger partial charge in [-0.05, 0) is 43.5 Å². The van der Waals surface area contributed by atoms with Crippen molar-refractivity contribution in [3.63, 3.8) is 0 Å². The van der Waals surface area contributed by atoms with Crippen molar-refractivity contribution in [2.24, 2.45) is 0 Å². The van der Waals surface area contributed by atoms with Gasteiger partial charge in [0.25, 0.3) is 0 Å². The highest BCUT2D eigenvalue weighted by Gasteiger charge is 2.03. The zero-order chi connectivity index (χ0) is 15.8. The van der Waals surface area contributed by atoms with Gasteiger partial charge in [0.1, 0.15) is 5.75 Å². The van der Waals surface area contributed by atoms with E-state index in [0.29, 0.717) is 13.2 Å². The molecule has 0 heterocycles. The van der Waals surface area contributed by atoms with Crippen molar-refractivity contribution in [3.05, 3.63) is 59.7 Å². The predicted octanol–water partition coefficient (Wildman–Crippen LogP) is 3.89. The lowest BCUT2D eigenvalue weighted by atomic mass is 10.1. The van der Waals surface area contributed by atoms with E-state index in [0.717, 1.165) is 29.0 Å². The molecule has 4 nitrogen and oxygen atoms in total. The number of carbonyl (C=O) groups is 1. The average Bonchev–Trinajstić information content (AvgIpc) is 2.50. The van der Waals surface area contributed by atoms with E-state index in [1.54, 1.807) is 0 Å². The molecule has 116 valence electrons. The van der Waals surface area contributed by atoms with Gasteiger partial charge in [-0.2, -0.15) is 0 Å². The fraction of sp³-hybridized carbons (Fsp3) is 0.278. The number of carbonyl (C=O) groups excluding carboxylic acids is 1. The third kappa shape index (κ3) is 4.81. The molecule has 0 aliphatic rings. The van der Waals surface area contributed by atoms with Crippen LogP contribution in [0.15, 0.2) is 48.5 Å². The second-order valence-corrected chi connectivity index (χ2v) is 5.17. The second-order valence-electron chi connectivity index (χ2n) is 5.17. The van der Waals surface area contributed by atoms with Crippen molar-refractivity contribution in [1.82, 2.24) is 5.32 Å². The van der Waals surface area contributed by atoms with E-state index < -0.39 is 0 Å². The number of urea groups is 1. The van der Waals surface area contributed by atoms with Gasteiger partial charge in [-0.15, -0.1) is 0 Å². The molecule has 0 saturated carbocycles. The Bertz CT molecular complexity index is 591. The smallest absolute Gasteiger partial charge is 0.319 e. The molecular formula is C18H22N2O2. The molecule has 0 unspecified atom stereocenters. The first-order chi connectivity index (χ1) is 10.7. The lowest BCUT2D eigenvalue weighted by Gasteiger charge is -2.12. The standard InChI is InChI=1S/C18H22N2O2/c1-14-8-6-9-15(2)17(14)22-13-7-12-19-18(21)20-16-10-4-3-5-11-16/h3-6,8-11H,7,12-13H2,1-2H3,(H2,19,20,21). The summed E-state index contributed by atoms with van der Waals surface area (Å²) >= 11 is 0. The van der Waals surface area contributed by atoms with Crippen LogP contribution in [0.25, 0.3) is 0 Å². The normalized spacial score (nSPS) is 10.1. The summed E-state index contributed by atoms with van der Waals surface area (Å²) in [4.78, 5) is 11.7. The molecule has 0 spiro atoms. The molecule has 2 aromatic carbocycles. The van der Waals surface area contributed by atoms with Crippen LogP contribution in [0.1, 0.15) is 17.5 Å². The number of nitrogens with one attached hydrogen (secondary N) is 2. The van der Waals surface area contributed by atoms with Crippen molar-refractivity contribution in [2.75, 3.05) is 18.5 Å². The Morgan fingerprint density at radius 1 is 1.00 bits per heavy atom. The summed E-state index contributed by atoms with van der Waals surface area (Å²) in [6, 6.07) is 15.3. The predicted molar refractivity (Wildman–Crippen MR) is 89.5 cm³/mol. The highest BCUT2D eigenvalue weighted by Crippen LogP contribution is 2.22. The molecule has 0 atom stereocenters. The molecule has 22 heavy (non-hydrogen) atoms. The topological polar surface area (TPSA) is 50.4 Å². The highest BCUT2D eigenvalue weighted by molar-refractivity contribution is 5.89. The summed E-state index contributed by atoms with van der Waals surface area (Å²) in [6.07, 6.45) is 0.760. The summed E-state index contributed by atoms with van der Waals surface area (Å²) in [5.74, 6) is 0.941. The minimum absolute atomic E-state index is 0.196. The third-order valence-corrected chi connectivity index (χ3v) is 3.29. The molecule has 0 bridgehead atoms. The van der Waals surface area contributed by atoms with Crippen molar-refractivity contribution >= 4 is 11.7 Å². The molecule has 0 fully saturated rings. The van der Waals surface area contributed by atoms with Crippen LogP contribution in [-0.2, 0) is 0 Å². The fourth-order valence-electron chi connectivity index (χ4n) is 2.17. The van der Waals surface area contributed by atoms with Crippen LogP contribution in [0.2, 0.25) is 0 Å². The molecule has 0 aliphatic heterocycles. The van der Waals surface area contributed by atoms with Crippen LogP contribution in [0.5, 0.6) is 5.75 Å². The van der Waals surface area contributed by atoms with Gasteiger partial charge in [-0.3, -0.25) is 0 Å². The Morgan fingerprint density at radius 2 is 1.68 bits per heavy atom. The van der Waals surface area contributed by atoms with Gasteiger partial charge in [0.15, 0.2) is 0 Å². The van der Waals surface area contributed by atoms with Crippen LogP contribution >= 0.6 is 0 Å². The van der Waals surface area contributed by atoms with Gasteiger partial charge >= 0.3 is 6.03 Å². The molecule has 2 amide bonds. The SMILES string of the molecule is Cc1cccc(C)c1OCCCNC(=O)Nc1ccccc1. The van der Waals surface area contributed by atoms with E-state index in [1.165, 1.54) is 0 Å². The Kier molecular flexibility index (Phi) is 5.83. The van der Waals surface area contributed by atoms with Gasteiger partial charge in [0.05, 0.1) is 6.61 Å². The minimum Gasteiger partial charge on any atom is -0.493 e. The Balaban J connectivity index is 1.66. The monoisotopic (exact) mass is 298 g/mol. The maximum atomic E-state index is 11.7. The van der Waals surface area contributed by atoms with Crippen molar-refractivity contribution in [2.45, 2.75) is 20.3 Å². The second kappa shape index (κ2) is 8.08. The molecule has 2 aromatic rings. The van der Waals surface area contributed by atoms with Gasteiger partial charge in [0.2, 0.25) is 0 Å². The first-order valence-electron chi connectivity index (χ1n) is 7.46. The number of anilines is 1. The molecule has 0 radical (unpaired) electrons. The molecule has 0 aliphatic carbocycles. The number of rotatable bonds is 6. The zero-order valence-corrected chi connectivity index (χ0v) is 13.1. The minimum atomic E-state index is -0.196. The van der Waals surface area contributed by atoms with Gasteiger partial charge in [-0.25, -0.2) is 4.79 Å². The number of para-hydroxylation sites is 2. The summed E-state index contributed by atoms with van der Waals surface area (Å²) < 4.78 is 5.80. The number of benzene rings is 2. The molecule has 2 N–H and O–H groups in total. The van der Waals surface area contributed by atoms with Crippen LogP contribution in [0.3, 0.4) is 0 Å². The van der Waals surface area contributed by atoms with Crippen LogP contribution in [0, 0.1) is 13.8 Å². The summed E-state index contributed by atoms with van der Waals surface area (Å²) in [5.41, 5.74) is 3.05. The molecule has 0 saturated heterocycles. The maximum absolute atomic E-state index is 11.7. The summed E-state index contributed by atoms with van der Waals surface area (Å²) in [7, 11) is 0. The van der Waals surface area contributed by atoms with Gasteiger partial charge < -0.3 is 15.4 Å². The molecule has 0 aromatic heterocycles. The summed E-state index contributed by atoms with van der Waals surface area (Å²) in [6.45, 7) is 5.22. The largest absolute Gasteiger partial charge is 0.493 e. The van der Waals surface area contributed by atoms with E-state index in [4.69, 9.17) is 4.74 Å². The average molecular weight is 298 g/mol. The number of hydrogen-bond donors (Lipinski definition) is 2. The van der Waals surface area contributed by atoms with Crippen molar-refractivity contribution in [1.29, 1.82) is 0 Å². The number of hydrogen-bond acceptors (Lipinski definition) is 2. The van der Waals surface area contributed by atoms with E-state index in [9.17, 15) is 4.79 Å². The lowest BCUT2D eigenvalue weighted by molar-refractivity contribution is 0.250. The third-order valence-electron chi connectivity index (χ3n) is 3.29. The number of amides is 2.